The first-order valence-electron chi connectivity index (χ1n) is 21.2. The molecule has 6 aromatic rings. The number of piperidine rings is 2. The maximum Gasteiger partial charge on any atom is 0.328 e. The molecule has 0 unspecified atom stereocenters. The summed E-state index contributed by atoms with van der Waals surface area (Å²) in [5.74, 6) is -3.69. The number of carboxylic acids is 6. The summed E-state index contributed by atoms with van der Waals surface area (Å²) in [5, 5.41) is 58.0. The molecule has 0 atom stereocenters. The third-order valence-corrected chi connectivity index (χ3v) is 11.6. The standard InChI is InChI=1S/2C17H20N4S.3C4H4O4/c2*1-4-15-17(19-7-1)21(12-14-3-2-10-22-14)16(20-15)11-13-5-8-18-9-6-13;3*5-3(6)1-2-4(7)8/h2*1-4,7,10,13,18H,5-6,8-9,11-12H2;3*1-2H,(H,5,6)(H,7,8). The molecular formula is C46H52N8O12S2. The van der Waals surface area contributed by atoms with E-state index in [1.54, 1.807) is 22.7 Å². The maximum atomic E-state index is 9.55. The number of pyridine rings is 2. The average Bonchev–Trinajstić information content (AvgIpc) is 4.15. The van der Waals surface area contributed by atoms with Crippen LogP contribution in [0.25, 0.3) is 22.3 Å². The summed E-state index contributed by atoms with van der Waals surface area (Å²) >= 11 is 3.60. The highest BCUT2D eigenvalue weighted by molar-refractivity contribution is 7.10. The second-order valence-electron chi connectivity index (χ2n) is 14.9. The van der Waals surface area contributed by atoms with E-state index in [1.807, 2.05) is 24.5 Å². The Balaban J connectivity index is 0.000000204. The van der Waals surface area contributed by atoms with Gasteiger partial charge in [0.15, 0.2) is 11.3 Å². The summed E-state index contributed by atoms with van der Waals surface area (Å²) in [6, 6.07) is 16.7. The molecule has 68 heavy (non-hydrogen) atoms. The lowest BCUT2D eigenvalue weighted by molar-refractivity contribution is -0.134. The predicted molar refractivity (Wildman–Crippen MR) is 254 cm³/mol. The average molecular weight is 973 g/mol. The molecule has 6 aromatic heterocycles. The maximum absolute atomic E-state index is 9.55. The van der Waals surface area contributed by atoms with Crippen molar-refractivity contribution in [3.63, 3.8) is 0 Å². The van der Waals surface area contributed by atoms with E-state index in [4.69, 9.17) is 40.6 Å². The number of fused-ring (bicyclic) bond motifs is 2. The van der Waals surface area contributed by atoms with Gasteiger partial charge in [-0.1, -0.05) is 12.1 Å². The Hall–Kier alpha value is -7.40. The minimum atomic E-state index is -1.26. The van der Waals surface area contributed by atoms with Crippen molar-refractivity contribution in [2.75, 3.05) is 26.2 Å². The lowest BCUT2D eigenvalue weighted by Crippen LogP contribution is -2.29. The van der Waals surface area contributed by atoms with Crippen LogP contribution in [0.2, 0.25) is 0 Å². The lowest BCUT2D eigenvalue weighted by atomic mass is 9.94. The first-order chi connectivity index (χ1) is 32.7. The van der Waals surface area contributed by atoms with Gasteiger partial charge < -0.3 is 50.4 Å². The summed E-state index contributed by atoms with van der Waals surface area (Å²) < 4.78 is 4.62. The van der Waals surface area contributed by atoms with Crippen molar-refractivity contribution in [1.29, 1.82) is 0 Å². The van der Waals surface area contributed by atoms with Crippen LogP contribution in [0.4, 0.5) is 0 Å². The van der Waals surface area contributed by atoms with E-state index in [2.05, 4.69) is 76.9 Å². The molecule has 20 nitrogen and oxygen atoms in total. The molecule has 2 fully saturated rings. The van der Waals surface area contributed by atoms with Crippen LogP contribution in [-0.4, -0.2) is 122 Å². The Kier molecular flexibility index (Phi) is 22.4. The predicted octanol–water partition coefficient (Wildman–Crippen LogP) is 5.30. The Morgan fingerprint density at radius 2 is 0.838 bits per heavy atom. The fourth-order valence-electron chi connectivity index (χ4n) is 6.89. The first kappa shape index (κ1) is 53.2. The van der Waals surface area contributed by atoms with E-state index >= 15 is 0 Å². The number of imidazole rings is 2. The van der Waals surface area contributed by atoms with Gasteiger partial charge in [0.05, 0.1) is 13.1 Å². The molecule has 22 heteroatoms. The summed E-state index contributed by atoms with van der Waals surface area (Å²) in [7, 11) is 0. The molecule has 0 radical (unpaired) electrons. The summed E-state index contributed by atoms with van der Waals surface area (Å²) in [6.45, 7) is 6.29. The summed E-state index contributed by atoms with van der Waals surface area (Å²) in [6.07, 6.45) is 14.2. The second kappa shape index (κ2) is 28.6. The normalized spacial score (nSPS) is 13.9. The Labute approximate surface area is 397 Å². The first-order valence-corrected chi connectivity index (χ1v) is 22.9. The molecule has 360 valence electrons. The summed E-state index contributed by atoms with van der Waals surface area (Å²) in [4.78, 5) is 78.9. The number of aromatic nitrogens is 6. The van der Waals surface area contributed by atoms with Crippen molar-refractivity contribution in [2.45, 2.75) is 51.6 Å². The van der Waals surface area contributed by atoms with Crippen molar-refractivity contribution >= 4 is 80.8 Å². The van der Waals surface area contributed by atoms with Crippen LogP contribution in [-0.2, 0) is 54.7 Å². The van der Waals surface area contributed by atoms with Gasteiger partial charge in [-0.2, -0.15) is 0 Å². The molecular weight excluding hydrogens is 921 g/mol. The van der Waals surface area contributed by atoms with Crippen LogP contribution in [0, 0.1) is 11.8 Å². The molecule has 2 aliphatic heterocycles. The Bertz CT molecular complexity index is 2390. The van der Waals surface area contributed by atoms with Gasteiger partial charge in [-0.05, 0) is 111 Å². The van der Waals surface area contributed by atoms with Crippen molar-refractivity contribution in [1.82, 2.24) is 39.7 Å². The topological polar surface area (TPSA) is 309 Å². The molecule has 0 bridgehead atoms. The zero-order valence-corrected chi connectivity index (χ0v) is 38.3. The fraction of sp³-hybridized carbons (Fsp3) is 0.304. The molecule has 0 saturated carbocycles. The van der Waals surface area contributed by atoms with E-state index in [-0.39, 0.29) is 0 Å². The number of hydrogen-bond donors (Lipinski definition) is 8. The van der Waals surface area contributed by atoms with Crippen LogP contribution in [0.3, 0.4) is 0 Å². The van der Waals surface area contributed by atoms with Crippen LogP contribution in [0.15, 0.2) is 108 Å². The molecule has 8 rings (SSSR count). The van der Waals surface area contributed by atoms with Gasteiger partial charge in [-0.25, -0.2) is 48.7 Å². The van der Waals surface area contributed by atoms with E-state index < -0.39 is 35.8 Å². The van der Waals surface area contributed by atoms with Crippen molar-refractivity contribution in [2.24, 2.45) is 11.8 Å². The zero-order chi connectivity index (χ0) is 49.3. The molecule has 0 amide bonds. The van der Waals surface area contributed by atoms with Crippen molar-refractivity contribution in [3.8, 4) is 0 Å². The van der Waals surface area contributed by atoms with Gasteiger partial charge in [0.2, 0.25) is 0 Å². The number of carbonyl (C=O) groups is 6. The van der Waals surface area contributed by atoms with Gasteiger partial charge >= 0.3 is 35.8 Å². The zero-order valence-electron chi connectivity index (χ0n) is 36.7. The van der Waals surface area contributed by atoms with E-state index in [0.717, 1.165) is 86.3 Å². The highest BCUT2D eigenvalue weighted by Crippen LogP contribution is 2.25. The van der Waals surface area contributed by atoms with Gasteiger partial charge in [0.25, 0.3) is 0 Å². The Morgan fingerprint density at radius 1 is 0.515 bits per heavy atom. The Morgan fingerprint density at radius 3 is 1.12 bits per heavy atom. The second-order valence-corrected chi connectivity index (χ2v) is 17.0. The molecule has 0 aliphatic carbocycles. The third kappa shape index (κ3) is 19.6. The smallest absolute Gasteiger partial charge is 0.328 e. The van der Waals surface area contributed by atoms with E-state index in [1.165, 1.54) is 47.1 Å². The number of aliphatic carboxylic acids is 6. The lowest BCUT2D eigenvalue weighted by Gasteiger charge is -2.22. The third-order valence-electron chi connectivity index (χ3n) is 9.92. The van der Waals surface area contributed by atoms with E-state index in [0.29, 0.717) is 36.5 Å². The highest BCUT2D eigenvalue weighted by Gasteiger charge is 2.21. The molecule has 8 heterocycles. The van der Waals surface area contributed by atoms with Crippen molar-refractivity contribution < 1.29 is 59.4 Å². The summed E-state index contributed by atoms with van der Waals surface area (Å²) in [5.41, 5.74) is 4.06. The van der Waals surface area contributed by atoms with Gasteiger partial charge in [0.1, 0.15) is 22.7 Å². The molecule has 0 spiro atoms. The number of rotatable bonds is 14. The van der Waals surface area contributed by atoms with E-state index in [9.17, 15) is 28.8 Å². The molecule has 2 saturated heterocycles. The van der Waals surface area contributed by atoms with Crippen LogP contribution < -0.4 is 10.6 Å². The molecule has 0 aromatic carbocycles. The van der Waals surface area contributed by atoms with Gasteiger partial charge in [0, 0.05) is 71.4 Å². The van der Waals surface area contributed by atoms with Crippen molar-refractivity contribution in [3.05, 3.63) is 130 Å². The quantitative estimate of drug-likeness (QED) is 0.0642. The molecule has 8 N–H and O–H groups in total. The number of hydrogen-bond acceptors (Lipinski definition) is 14. The van der Waals surface area contributed by atoms with Crippen LogP contribution in [0.5, 0.6) is 0 Å². The van der Waals surface area contributed by atoms with Gasteiger partial charge in [-0.15, -0.1) is 22.7 Å². The van der Waals surface area contributed by atoms with Crippen LogP contribution in [0.1, 0.15) is 47.1 Å². The SMILES string of the molecule is O=C(O)C=CC(=O)O.O=C(O)C=CC(=O)O.O=C(O)C=CC(=O)O.c1csc(Cn2c(CC3CCNCC3)nc3cccnc32)c1.c1csc(Cn2c(CC3CCNCC3)nc3cccnc32)c1. The largest absolute Gasteiger partial charge is 0.478 e. The highest BCUT2D eigenvalue weighted by atomic mass is 32.1. The number of thiophene rings is 2. The molecule has 2 aliphatic rings. The van der Waals surface area contributed by atoms with Gasteiger partial charge in [-0.3, -0.25) is 0 Å². The van der Waals surface area contributed by atoms with Crippen LogP contribution >= 0.6 is 22.7 Å². The minimum absolute atomic E-state index is 0.558. The number of carboxylic acid groups (broad SMARTS) is 6. The number of nitrogens with one attached hydrogen (secondary N) is 2. The monoisotopic (exact) mass is 972 g/mol. The minimum Gasteiger partial charge on any atom is -0.478 e. The number of nitrogens with zero attached hydrogens (tertiary/aromatic N) is 6. The fourth-order valence-corrected chi connectivity index (χ4v) is 8.27.